The van der Waals surface area contributed by atoms with E-state index in [0.29, 0.717) is 0 Å². The van der Waals surface area contributed by atoms with E-state index >= 15 is 0 Å². The lowest BCUT2D eigenvalue weighted by Crippen LogP contribution is -2.19. The average Bonchev–Trinajstić information content (AvgIpc) is 2.18. The molecule has 0 saturated heterocycles. The van der Waals surface area contributed by atoms with Crippen molar-refractivity contribution in [3.8, 4) is 0 Å². The number of rotatable bonds is 4. The van der Waals surface area contributed by atoms with Gasteiger partial charge in [0.25, 0.3) is 0 Å². The number of halogens is 1. The Kier molecular flexibility index (Phi) is 4.42. The fourth-order valence-corrected chi connectivity index (χ4v) is 1.83. The zero-order chi connectivity index (χ0) is 10.6. The standard InChI is InChI=1S/C11H16BrNO/c1-3-6-13(2)11-7-10(12)5-4-9(11)8-14/h4-5,7,14H,3,6,8H2,1-2H3. The van der Waals surface area contributed by atoms with Gasteiger partial charge in [-0.05, 0) is 18.6 Å². The minimum absolute atomic E-state index is 0.0939. The van der Waals surface area contributed by atoms with Crippen molar-refractivity contribution < 1.29 is 5.11 Å². The van der Waals surface area contributed by atoms with E-state index in [9.17, 15) is 5.11 Å². The Hall–Kier alpha value is -0.540. The summed E-state index contributed by atoms with van der Waals surface area (Å²) >= 11 is 3.44. The third kappa shape index (κ3) is 2.72. The van der Waals surface area contributed by atoms with Gasteiger partial charge in [-0.25, -0.2) is 0 Å². The highest BCUT2D eigenvalue weighted by atomic mass is 79.9. The van der Waals surface area contributed by atoms with Crippen molar-refractivity contribution in [1.82, 2.24) is 0 Å². The molecule has 1 N–H and O–H groups in total. The zero-order valence-corrected chi connectivity index (χ0v) is 10.2. The van der Waals surface area contributed by atoms with Gasteiger partial charge in [0, 0.05) is 29.3 Å². The molecule has 0 aliphatic heterocycles. The van der Waals surface area contributed by atoms with E-state index in [1.54, 1.807) is 0 Å². The molecule has 0 atom stereocenters. The molecule has 0 spiro atoms. The molecule has 0 aromatic heterocycles. The highest BCUT2D eigenvalue weighted by Crippen LogP contribution is 2.24. The van der Waals surface area contributed by atoms with Crippen molar-refractivity contribution in [2.45, 2.75) is 20.0 Å². The lowest BCUT2D eigenvalue weighted by atomic mass is 10.1. The van der Waals surface area contributed by atoms with Crippen molar-refractivity contribution in [3.63, 3.8) is 0 Å². The summed E-state index contributed by atoms with van der Waals surface area (Å²) in [5.74, 6) is 0. The van der Waals surface area contributed by atoms with Crippen LogP contribution in [0.25, 0.3) is 0 Å². The maximum atomic E-state index is 9.18. The van der Waals surface area contributed by atoms with Gasteiger partial charge < -0.3 is 10.0 Å². The van der Waals surface area contributed by atoms with E-state index in [1.165, 1.54) is 0 Å². The van der Waals surface area contributed by atoms with Crippen molar-refractivity contribution in [3.05, 3.63) is 28.2 Å². The molecule has 0 unspecified atom stereocenters. The van der Waals surface area contributed by atoms with Gasteiger partial charge in [-0.2, -0.15) is 0 Å². The van der Waals surface area contributed by atoms with Gasteiger partial charge in [0.1, 0.15) is 0 Å². The first-order valence-electron chi connectivity index (χ1n) is 4.79. The third-order valence-corrected chi connectivity index (χ3v) is 2.68. The number of aliphatic hydroxyl groups excluding tert-OH is 1. The minimum Gasteiger partial charge on any atom is -0.392 e. The van der Waals surface area contributed by atoms with Gasteiger partial charge >= 0.3 is 0 Å². The molecule has 0 heterocycles. The quantitative estimate of drug-likeness (QED) is 0.897. The SMILES string of the molecule is CCCN(C)c1cc(Br)ccc1CO. The molecule has 0 bridgehead atoms. The Morgan fingerprint density at radius 2 is 2.14 bits per heavy atom. The average molecular weight is 258 g/mol. The van der Waals surface area contributed by atoms with E-state index in [2.05, 4.69) is 27.8 Å². The smallest absolute Gasteiger partial charge is 0.0702 e. The Morgan fingerprint density at radius 1 is 1.43 bits per heavy atom. The summed E-state index contributed by atoms with van der Waals surface area (Å²) in [4.78, 5) is 2.16. The molecule has 0 fully saturated rings. The lowest BCUT2D eigenvalue weighted by molar-refractivity contribution is 0.282. The largest absolute Gasteiger partial charge is 0.392 e. The monoisotopic (exact) mass is 257 g/mol. The van der Waals surface area contributed by atoms with Crippen LogP contribution < -0.4 is 4.90 Å². The van der Waals surface area contributed by atoms with Gasteiger partial charge in [-0.15, -0.1) is 0 Å². The fraction of sp³-hybridized carbons (Fsp3) is 0.455. The van der Waals surface area contributed by atoms with Gasteiger partial charge in [-0.1, -0.05) is 28.9 Å². The van der Waals surface area contributed by atoms with Crippen LogP contribution in [0.1, 0.15) is 18.9 Å². The van der Waals surface area contributed by atoms with Gasteiger partial charge in [-0.3, -0.25) is 0 Å². The van der Waals surface area contributed by atoms with E-state index in [1.807, 2.05) is 25.2 Å². The van der Waals surface area contributed by atoms with Crippen molar-refractivity contribution in [2.75, 3.05) is 18.5 Å². The van der Waals surface area contributed by atoms with Crippen molar-refractivity contribution in [1.29, 1.82) is 0 Å². The number of aliphatic hydroxyl groups is 1. The maximum absolute atomic E-state index is 9.18. The number of anilines is 1. The number of benzene rings is 1. The van der Waals surface area contributed by atoms with Crippen LogP contribution in [-0.4, -0.2) is 18.7 Å². The first-order chi connectivity index (χ1) is 6.69. The van der Waals surface area contributed by atoms with Gasteiger partial charge in [0.15, 0.2) is 0 Å². The molecule has 1 aromatic rings. The summed E-state index contributed by atoms with van der Waals surface area (Å²) < 4.78 is 1.05. The second kappa shape index (κ2) is 5.37. The Labute approximate surface area is 93.7 Å². The summed E-state index contributed by atoms with van der Waals surface area (Å²) in [6.07, 6.45) is 1.11. The predicted molar refractivity (Wildman–Crippen MR) is 63.6 cm³/mol. The molecule has 0 aliphatic carbocycles. The number of hydrogen-bond acceptors (Lipinski definition) is 2. The summed E-state index contributed by atoms with van der Waals surface area (Å²) in [6, 6.07) is 5.95. The minimum atomic E-state index is 0.0939. The molecule has 3 heteroatoms. The summed E-state index contributed by atoms with van der Waals surface area (Å²) in [5.41, 5.74) is 2.08. The molecule has 0 amide bonds. The van der Waals surface area contributed by atoms with Gasteiger partial charge in [0.2, 0.25) is 0 Å². The first-order valence-corrected chi connectivity index (χ1v) is 5.58. The fourth-order valence-electron chi connectivity index (χ4n) is 1.48. The highest BCUT2D eigenvalue weighted by molar-refractivity contribution is 9.10. The molecule has 14 heavy (non-hydrogen) atoms. The van der Waals surface area contributed by atoms with E-state index < -0.39 is 0 Å². The molecule has 0 aliphatic rings. The summed E-state index contributed by atoms with van der Waals surface area (Å²) in [7, 11) is 2.05. The number of nitrogens with zero attached hydrogens (tertiary/aromatic N) is 1. The topological polar surface area (TPSA) is 23.5 Å². The molecule has 0 radical (unpaired) electrons. The first kappa shape index (κ1) is 11.5. The van der Waals surface area contributed by atoms with Crippen molar-refractivity contribution in [2.24, 2.45) is 0 Å². The zero-order valence-electron chi connectivity index (χ0n) is 8.63. The molecule has 1 rings (SSSR count). The van der Waals surface area contributed by atoms with Crippen molar-refractivity contribution >= 4 is 21.6 Å². The van der Waals surface area contributed by atoms with Crippen LogP contribution in [0, 0.1) is 0 Å². The summed E-state index contributed by atoms with van der Waals surface area (Å²) in [5, 5.41) is 9.18. The van der Waals surface area contributed by atoms with E-state index in [4.69, 9.17) is 0 Å². The molecular formula is C11H16BrNO. The second-order valence-electron chi connectivity index (χ2n) is 3.35. The predicted octanol–water partition coefficient (Wildman–Crippen LogP) is 2.79. The molecule has 78 valence electrons. The maximum Gasteiger partial charge on any atom is 0.0702 e. The Morgan fingerprint density at radius 3 is 2.71 bits per heavy atom. The molecule has 1 aromatic carbocycles. The second-order valence-corrected chi connectivity index (χ2v) is 4.27. The van der Waals surface area contributed by atoms with Crippen LogP contribution in [0.3, 0.4) is 0 Å². The normalized spacial score (nSPS) is 10.3. The van der Waals surface area contributed by atoms with E-state index in [0.717, 1.165) is 28.7 Å². The molecule has 2 nitrogen and oxygen atoms in total. The van der Waals surface area contributed by atoms with Crippen LogP contribution in [0.5, 0.6) is 0 Å². The molecule has 0 saturated carbocycles. The lowest BCUT2D eigenvalue weighted by Gasteiger charge is -2.21. The van der Waals surface area contributed by atoms with Crippen LogP contribution >= 0.6 is 15.9 Å². The van der Waals surface area contributed by atoms with Crippen LogP contribution in [0.4, 0.5) is 5.69 Å². The Bertz CT molecular complexity index is 301. The number of hydrogen-bond donors (Lipinski definition) is 1. The van der Waals surface area contributed by atoms with Crippen LogP contribution in [0.15, 0.2) is 22.7 Å². The van der Waals surface area contributed by atoms with Crippen LogP contribution in [-0.2, 0) is 6.61 Å². The summed E-state index contributed by atoms with van der Waals surface area (Å²) in [6.45, 7) is 3.24. The molecular weight excluding hydrogens is 242 g/mol. The van der Waals surface area contributed by atoms with Crippen LogP contribution in [0.2, 0.25) is 0 Å². The van der Waals surface area contributed by atoms with E-state index in [-0.39, 0.29) is 6.61 Å². The highest BCUT2D eigenvalue weighted by Gasteiger charge is 2.06. The third-order valence-electron chi connectivity index (χ3n) is 2.19. The van der Waals surface area contributed by atoms with Gasteiger partial charge in [0.05, 0.1) is 6.61 Å². The Balaban J connectivity index is 2.97.